The molecule has 18 heavy (non-hydrogen) atoms. The first kappa shape index (κ1) is 12.2. The molecule has 7 nitrogen and oxygen atoms in total. The van der Waals surface area contributed by atoms with Crippen molar-refractivity contribution >= 4 is 5.69 Å². The Kier molecular flexibility index (Phi) is 3.63. The predicted octanol–water partition coefficient (Wildman–Crippen LogP) is 0.954. The summed E-state index contributed by atoms with van der Waals surface area (Å²) in [5.41, 5.74) is 1.75. The number of nitro groups is 1. The first-order valence-corrected chi connectivity index (χ1v) is 5.46. The van der Waals surface area contributed by atoms with Gasteiger partial charge in [-0.05, 0) is 12.6 Å². The van der Waals surface area contributed by atoms with Gasteiger partial charge >= 0.3 is 0 Å². The lowest BCUT2D eigenvalue weighted by atomic mass is 10.2. The fourth-order valence-corrected chi connectivity index (χ4v) is 1.63. The highest BCUT2D eigenvalue weighted by molar-refractivity contribution is 5.34. The van der Waals surface area contributed by atoms with Gasteiger partial charge in [0.2, 0.25) is 0 Å². The highest BCUT2D eigenvalue weighted by Gasteiger charge is 2.06. The van der Waals surface area contributed by atoms with Crippen molar-refractivity contribution in [3.8, 4) is 0 Å². The number of nitrogens with one attached hydrogen (secondary N) is 1. The van der Waals surface area contributed by atoms with Crippen LogP contribution in [0.15, 0.2) is 30.5 Å². The van der Waals surface area contributed by atoms with Crippen molar-refractivity contribution in [2.75, 3.05) is 7.05 Å². The van der Waals surface area contributed by atoms with E-state index in [1.807, 2.05) is 19.3 Å². The summed E-state index contributed by atoms with van der Waals surface area (Å²) in [5.74, 6) is 0. The maximum absolute atomic E-state index is 10.7. The Morgan fingerprint density at radius 3 is 3.06 bits per heavy atom. The average Bonchev–Trinajstić information content (AvgIpc) is 2.77. The van der Waals surface area contributed by atoms with Crippen LogP contribution in [0.2, 0.25) is 0 Å². The normalized spacial score (nSPS) is 10.5. The number of hydrogen-bond acceptors (Lipinski definition) is 5. The molecule has 94 valence electrons. The number of nitrogens with zero attached hydrogens (tertiary/aromatic N) is 4. The molecule has 0 amide bonds. The molecule has 0 aliphatic heterocycles. The molecule has 0 aliphatic rings. The van der Waals surface area contributed by atoms with Crippen molar-refractivity contribution in [1.82, 2.24) is 20.3 Å². The van der Waals surface area contributed by atoms with Gasteiger partial charge in [0.1, 0.15) is 0 Å². The maximum atomic E-state index is 10.7. The summed E-state index contributed by atoms with van der Waals surface area (Å²) in [6.45, 7) is 1.12. The third-order valence-electron chi connectivity index (χ3n) is 2.41. The minimum atomic E-state index is -0.405. The molecule has 2 aromatic rings. The molecule has 1 aromatic carbocycles. The van der Waals surface area contributed by atoms with Crippen molar-refractivity contribution in [3.05, 3.63) is 51.8 Å². The van der Waals surface area contributed by atoms with Gasteiger partial charge in [-0.2, -0.15) is 0 Å². The van der Waals surface area contributed by atoms with Crippen LogP contribution in [0.4, 0.5) is 5.69 Å². The van der Waals surface area contributed by atoms with Gasteiger partial charge in [0.05, 0.1) is 23.4 Å². The van der Waals surface area contributed by atoms with Crippen LogP contribution in [0.3, 0.4) is 0 Å². The van der Waals surface area contributed by atoms with Gasteiger partial charge in [-0.25, -0.2) is 4.68 Å². The number of non-ortho nitro benzene ring substituents is 1. The Bertz CT molecular complexity index is 552. The Hall–Kier alpha value is -2.28. The van der Waals surface area contributed by atoms with E-state index in [2.05, 4.69) is 15.6 Å². The van der Waals surface area contributed by atoms with Crippen LogP contribution >= 0.6 is 0 Å². The van der Waals surface area contributed by atoms with Crippen molar-refractivity contribution in [1.29, 1.82) is 0 Å². The van der Waals surface area contributed by atoms with Gasteiger partial charge in [0.25, 0.3) is 5.69 Å². The molecular formula is C11H13N5O2. The Morgan fingerprint density at radius 2 is 2.33 bits per heavy atom. The standard InChI is InChI=1S/C11H13N5O2/c1-12-6-10-8-15(14-13-10)7-9-3-2-4-11(5-9)16(17)18/h2-5,8,12H,6-7H2,1H3. The van der Waals surface area contributed by atoms with Crippen molar-refractivity contribution in [3.63, 3.8) is 0 Å². The molecule has 1 heterocycles. The molecule has 0 atom stereocenters. The molecule has 7 heteroatoms. The van der Waals surface area contributed by atoms with E-state index in [0.29, 0.717) is 13.1 Å². The summed E-state index contributed by atoms with van der Waals surface area (Å²) in [4.78, 5) is 10.3. The molecule has 0 saturated carbocycles. The monoisotopic (exact) mass is 247 g/mol. The highest BCUT2D eigenvalue weighted by Crippen LogP contribution is 2.13. The third-order valence-corrected chi connectivity index (χ3v) is 2.41. The van der Waals surface area contributed by atoms with Crippen LogP contribution in [-0.4, -0.2) is 27.0 Å². The first-order valence-electron chi connectivity index (χ1n) is 5.46. The Balaban J connectivity index is 2.12. The molecular weight excluding hydrogens is 234 g/mol. The second-order valence-corrected chi connectivity index (χ2v) is 3.86. The SMILES string of the molecule is CNCc1cn(Cc2cccc([N+](=O)[O-])c2)nn1. The molecule has 0 saturated heterocycles. The van der Waals surface area contributed by atoms with E-state index in [-0.39, 0.29) is 5.69 Å². The molecule has 0 unspecified atom stereocenters. The third kappa shape index (κ3) is 2.89. The maximum Gasteiger partial charge on any atom is 0.269 e. The van der Waals surface area contributed by atoms with Crippen LogP contribution in [0.25, 0.3) is 0 Å². The van der Waals surface area contributed by atoms with Crippen LogP contribution < -0.4 is 5.32 Å². The first-order chi connectivity index (χ1) is 8.69. The van der Waals surface area contributed by atoms with Gasteiger partial charge in [0.15, 0.2) is 0 Å². The molecule has 2 rings (SSSR count). The second kappa shape index (κ2) is 5.37. The van der Waals surface area contributed by atoms with E-state index in [9.17, 15) is 10.1 Å². The van der Waals surface area contributed by atoms with E-state index in [1.165, 1.54) is 6.07 Å². The lowest BCUT2D eigenvalue weighted by Crippen LogP contribution is -2.05. The summed E-state index contributed by atoms with van der Waals surface area (Å²) in [5, 5.41) is 21.6. The summed E-state index contributed by atoms with van der Waals surface area (Å²) < 4.78 is 1.66. The van der Waals surface area contributed by atoms with Crippen molar-refractivity contribution < 1.29 is 4.92 Å². The average molecular weight is 247 g/mol. The molecule has 0 radical (unpaired) electrons. The van der Waals surface area contributed by atoms with Crippen LogP contribution in [-0.2, 0) is 13.1 Å². The van der Waals surface area contributed by atoms with E-state index < -0.39 is 4.92 Å². The highest BCUT2D eigenvalue weighted by atomic mass is 16.6. The van der Waals surface area contributed by atoms with Gasteiger partial charge in [0, 0.05) is 18.7 Å². The minimum absolute atomic E-state index is 0.0862. The van der Waals surface area contributed by atoms with E-state index in [1.54, 1.807) is 16.8 Å². The number of rotatable bonds is 5. The number of benzene rings is 1. The lowest BCUT2D eigenvalue weighted by Gasteiger charge is -2.00. The molecule has 1 N–H and O–H groups in total. The van der Waals surface area contributed by atoms with E-state index >= 15 is 0 Å². The minimum Gasteiger partial charge on any atom is -0.314 e. The smallest absolute Gasteiger partial charge is 0.269 e. The van der Waals surface area contributed by atoms with Gasteiger partial charge in [-0.15, -0.1) is 5.10 Å². The fourth-order valence-electron chi connectivity index (χ4n) is 1.63. The largest absolute Gasteiger partial charge is 0.314 e. The Morgan fingerprint density at radius 1 is 1.50 bits per heavy atom. The quantitative estimate of drug-likeness (QED) is 0.628. The van der Waals surface area contributed by atoms with Crippen molar-refractivity contribution in [2.45, 2.75) is 13.1 Å². The summed E-state index contributed by atoms with van der Waals surface area (Å²) in [7, 11) is 1.83. The van der Waals surface area contributed by atoms with Crippen molar-refractivity contribution in [2.24, 2.45) is 0 Å². The Labute approximate surface area is 104 Å². The zero-order valence-corrected chi connectivity index (χ0v) is 9.91. The topological polar surface area (TPSA) is 85.9 Å². The lowest BCUT2D eigenvalue weighted by molar-refractivity contribution is -0.384. The zero-order valence-electron chi connectivity index (χ0n) is 9.91. The summed E-state index contributed by atoms with van der Waals surface area (Å²) in [6.07, 6.45) is 1.81. The van der Waals surface area contributed by atoms with Gasteiger partial charge < -0.3 is 5.32 Å². The van der Waals surface area contributed by atoms with Crippen LogP contribution in [0.1, 0.15) is 11.3 Å². The van der Waals surface area contributed by atoms with Gasteiger partial charge in [-0.1, -0.05) is 17.3 Å². The molecule has 1 aromatic heterocycles. The van der Waals surface area contributed by atoms with E-state index in [4.69, 9.17) is 0 Å². The summed E-state index contributed by atoms with van der Waals surface area (Å²) >= 11 is 0. The molecule has 0 bridgehead atoms. The zero-order chi connectivity index (χ0) is 13.0. The number of aromatic nitrogens is 3. The molecule has 0 aliphatic carbocycles. The number of nitro benzene ring substituents is 1. The second-order valence-electron chi connectivity index (χ2n) is 3.86. The van der Waals surface area contributed by atoms with Gasteiger partial charge in [-0.3, -0.25) is 10.1 Å². The van der Waals surface area contributed by atoms with E-state index in [0.717, 1.165) is 11.3 Å². The number of hydrogen-bond donors (Lipinski definition) is 1. The molecule has 0 spiro atoms. The summed E-state index contributed by atoms with van der Waals surface area (Å²) in [6, 6.07) is 6.50. The predicted molar refractivity (Wildman–Crippen MR) is 65.0 cm³/mol. The van der Waals surface area contributed by atoms with Crippen LogP contribution in [0, 0.1) is 10.1 Å². The van der Waals surface area contributed by atoms with Crippen LogP contribution in [0.5, 0.6) is 0 Å². The molecule has 0 fully saturated rings. The fraction of sp³-hybridized carbons (Fsp3) is 0.273.